The van der Waals surface area contributed by atoms with Crippen molar-refractivity contribution in [2.75, 3.05) is 7.11 Å². The topological polar surface area (TPSA) is 55.4 Å². The third-order valence-electron chi connectivity index (χ3n) is 6.61. The maximum Gasteiger partial charge on any atom is 0.328 e. The van der Waals surface area contributed by atoms with E-state index < -0.39 is 6.04 Å². The zero-order valence-electron chi connectivity index (χ0n) is 14.8. The lowest BCUT2D eigenvalue weighted by Gasteiger charge is -2.53. The Kier molecular flexibility index (Phi) is 4.53. The maximum absolute atomic E-state index is 13.0. The predicted molar refractivity (Wildman–Crippen MR) is 94.6 cm³/mol. The molecule has 1 aromatic rings. The summed E-state index contributed by atoms with van der Waals surface area (Å²) in [6.07, 6.45) is 6.66. The van der Waals surface area contributed by atoms with Gasteiger partial charge in [0.1, 0.15) is 6.04 Å². The molecule has 0 aromatic heterocycles. The predicted octanol–water partition coefficient (Wildman–Crippen LogP) is 2.96. The molecule has 1 N–H and O–H groups in total. The second-order valence-corrected chi connectivity index (χ2v) is 8.23. The monoisotopic (exact) mass is 341 g/mol. The van der Waals surface area contributed by atoms with Crippen molar-refractivity contribution in [3.05, 3.63) is 35.9 Å². The van der Waals surface area contributed by atoms with Crippen LogP contribution in [-0.4, -0.2) is 25.0 Å². The Bertz CT molecular complexity index is 614. The minimum Gasteiger partial charge on any atom is -0.467 e. The van der Waals surface area contributed by atoms with E-state index in [4.69, 9.17) is 4.74 Å². The van der Waals surface area contributed by atoms with Crippen molar-refractivity contribution in [1.29, 1.82) is 0 Å². The number of nitrogens with one attached hydrogen (secondary N) is 1. The molecule has 1 aromatic carbocycles. The molecule has 0 heterocycles. The molecule has 25 heavy (non-hydrogen) atoms. The molecule has 0 spiro atoms. The van der Waals surface area contributed by atoms with Crippen LogP contribution in [0.25, 0.3) is 0 Å². The maximum atomic E-state index is 13.0. The van der Waals surface area contributed by atoms with Crippen LogP contribution in [0, 0.1) is 29.6 Å². The van der Waals surface area contributed by atoms with E-state index in [9.17, 15) is 9.59 Å². The molecule has 4 nitrogen and oxygen atoms in total. The van der Waals surface area contributed by atoms with Gasteiger partial charge in [0.25, 0.3) is 0 Å². The fourth-order valence-corrected chi connectivity index (χ4v) is 5.81. The van der Waals surface area contributed by atoms with Gasteiger partial charge in [-0.15, -0.1) is 0 Å². The van der Waals surface area contributed by atoms with Gasteiger partial charge in [-0.25, -0.2) is 4.79 Å². The summed E-state index contributed by atoms with van der Waals surface area (Å²) in [5, 5.41) is 3.03. The van der Waals surface area contributed by atoms with E-state index in [1.165, 1.54) is 39.2 Å². The number of ether oxygens (including phenoxy) is 1. The Morgan fingerprint density at radius 1 is 1.04 bits per heavy atom. The Labute approximate surface area is 149 Å². The molecule has 5 rings (SSSR count). The highest BCUT2D eigenvalue weighted by atomic mass is 16.5. The van der Waals surface area contributed by atoms with Crippen molar-refractivity contribution in [1.82, 2.24) is 5.32 Å². The number of rotatable bonds is 5. The number of hydrogen-bond donors (Lipinski definition) is 1. The van der Waals surface area contributed by atoms with Gasteiger partial charge in [-0.3, -0.25) is 4.79 Å². The second-order valence-electron chi connectivity index (χ2n) is 8.23. The Morgan fingerprint density at radius 2 is 1.64 bits per heavy atom. The van der Waals surface area contributed by atoms with E-state index in [0.717, 1.165) is 17.4 Å². The van der Waals surface area contributed by atoms with Crippen molar-refractivity contribution in [2.45, 2.75) is 44.6 Å². The molecule has 1 atom stereocenters. The van der Waals surface area contributed by atoms with Gasteiger partial charge < -0.3 is 10.1 Å². The number of esters is 1. The lowest BCUT2D eigenvalue weighted by Crippen LogP contribution is -2.54. The third kappa shape index (κ3) is 3.31. The molecule has 4 fully saturated rings. The molecule has 0 unspecified atom stereocenters. The van der Waals surface area contributed by atoms with Gasteiger partial charge in [-0.05, 0) is 61.3 Å². The molecule has 0 radical (unpaired) electrons. The first-order valence-corrected chi connectivity index (χ1v) is 9.56. The lowest BCUT2D eigenvalue weighted by atomic mass is 9.51. The normalized spacial score (nSPS) is 33.7. The summed E-state index contributed by atoms with van der Waals surface area (Å²) >= 11 is 0. The van der Waals surface area contributed by atoms with E-state index in [2.05, 4.69) is 5.32 Å². The van der Waals surface area contributed by atoms with Crippen LogP contribution in [0.5, 0.6) is 0 Å². The van der Waals surface area contributed by atoms with Crippen LogP contribution in [-0.2, 0) is 20.7 Å². The van der Waals surface area contributed by atoms with Crippen LogP contribution in [0.4, 0.5) is 0 Å². The molecule has 4 aliphatic carbocycles. The average molecular weight is 341 g/mol. The van der Waals surface area contributed by atoms with Crippen molar-refractivity contribution in [3.8, 4) is 0 Å². The molecular weight excluding hydrogens is 314 g/mol. The van der Waals surface area contributed by atoms with Crippen LogP contribution < -0.4 is 5.32 Å². The van der Waals surface area contributed by atoms with Gasteiger partial charge in [0.2, 0.25) is 5.91 Å². The zero-order valence-corrected chi connectivity index (χ0v) is 14.8. The first kappa shape index (κ1) is 16.6. The van der Waals surface area contributed by atoms with Gasteiger partial charge in [0.15, 0.2) is 0 Å². The fraction of sp³-hybridized carbons (Fsp3) is 0.619. The number of hydrogen-bond acceptors (Lipinski definition) is 3. The number of carbonyl (C=O) groups is 2. The summed E-state index contributed by atoms with van der Waals surface area (Å²) < 4.78 is 4.94. The standard InChI is InChI=1S/C21H27NO3/c1-25-21(24)18(12-13-5-3-2-4-6-13)22-20(23)19-16-8-14-7-15(10-16)11-17(19)9-14/h2-6,14-19H,7-12H2,1H3,(H,22,23)/t14?,15?,16?,17?,18-,19?/m1/s1. The molecule has 4 heteroatoms. The van der Waals surface area contributed by atoms with Gasteiger partial charge in [0.05, 0.1) is 7.11 Å². The van der Waals surface area contributed by atoms with Gasteiger partial charge in [-0.2, -0.15) is 0 Å². The molecule has 0 aliphatic heterocycles. The fourth-order valence-electron chi connectivity index (χ4n) is 5.81. The molecular formula is C21H27NO3. The van der Waals surface area contributed by atoms with Crippen LogP contribution in [0.3, 0.4) is 0 Å². The summed E-state index contributed by atoms with van der Waals surface area (Å²) in [5.41, 5.74) is 1.03. The Morgan fingerprint density at radius 3 is 2.20 bits per heavy atom. The zero-order chi connectivity index (χ0) is 17.4. The highest BCUT2D eigenvalue weighted by Crippen LogP contribution is 2.56. The first-order valence-electron chi connectivity index (χ1n) is 9.56. The summed E-state index contributed by atoms with van der Waals surface area (Å²) in [6.45, 7) is 0. The largest absolute Gasteiger partial charge is 0.467 e. The van der Waals surface area contributed by atoms with Crippen molar-refractivity contribution >= 4 is 11.9 Å². The van der Waals surface area contributed by atoms with E-state index in [1.807, 2.05) is 30.3 Å². The molecule has 4 aliphatic rings. The van der Waals surface area contributed by atoms with Gasteiger partial charge in [-0.1, -0.05) is 30.3 Å². The van der Waals surface area contributed by atoms with E-state index in [0.29, 0.717) is 18.3 Å². The minimum absolute atomic E-state index is 0.0696. The Hall–Kier alpha value is -1.84. The van der Waals surface area contributed by atoms with Crippen molar-refractivity contribution < 1.29 is 14.3 Å². The van der Waals surface area contributed by atoms with E-state index >= 15 is 0 Å². The number of methoxy groups -OCH3 is 1. The smallest absolute Gasteiger partial charge is 0.328 e. The summed E-state index contributed by atoms with van der Waals surface area (Å²) in [5.74, 6) is 2.52. The molecule has 4 bridgehead atoms. The lowest BCUT2D eigenvalue weighted by molar-refractivity contribution is -0.148. The number of amides is 1. The number of benzene rings is 1. The van der Waals surface area contributed by atoms with Crippen LogP contribution in [0.2, 0.25) is 0 Å². The summed E-state index contributed by atoms with van der Waals surface area (Å²) in [7, 11) is 1.38. The first-order chi connectivity index (χ1) is 12.1. The van der Waals surface area contributed by atoms with Crippen LogP contribution >= 0.6 is 0 Å². The van der Waals surface area contributed by atoms with Gasteiger partial charge in [0, 0.05) is 12.3 Å². The van der Waals surface area contributed by atoms with Gasteiger partial charge >= 0.3 is 5.97 Å². The molecule has 4 saturated carbocycles. The summed E-state index contributed by atoms with van der Waals surface area (Å²) in [4.78, 5) is 25.2. The summed E-state index contributed by atoms with van der Waals surface area (Å²) in [6, 6.07) is 9.20. The van der Waals surface area contributed by atoms with Crippen LogP contribution in [0.15, 0.2) is 30.3 Å². The highest BCUT2D eigenvalue weighted by molar-refractivity contribution is 5.86. The van der Waals surface area contributed by atoms with E-state index in [1.54, 1.807) is 0 Å². The molecule has 1 amide bonds. The molecule has 134 valence electrons. The quantitative estimate of drug-likeness (QED) is 0.838. The van der Waals surface area contributed by atoms with Crippen LogP contribution in [0.1, 0.15) is 37.7 Å². The minimum atomic E-state index is -0.600. The second kappa shape index (κ2) is 6.81. The SMILES string of the molecule is COC(=O)[C@@H](Cc1ccccc1)NC(=O)C1C2CC3CC(C2)CC1C3. The molecule has 0 saturated heterocycles. The average Bonchev–Trinajstić information content (AvgIpc) is 2.60. The van der Waals surface area contributed by atoms with Crippen molar-refractivity contribution in [3.63, 3.8) is 0 Å². The third-order valence-corrected chi connectivity index (χ3v) is 6.61. The van der Waals surface area contributed by atoms with Crippen molar-refractivity contribution in [2.24, 2.45) is 29.6 Å². The Balaban J connectivity index is 1.46. The number of carbonyl (C=O) groups excluding carboxylic acids is 2. The highest BCUT2D eigenvalue weighted by Gasteiger charge is 2.51. The van der Waals surface area contributed by atoms with E-state index in [-0.39, 0.29) is 17.8 Å².